The number of hydrogen-bond acceptors (Lipinski definition) is 2. The van der Waals surface area contributed by atoms with Crippen molar-refractivity contribution in [3.05, 3.63) is 58.4 Å². The number of carbonyl (C=O) groups excluding carboxylic acids is 1. The van der Waals surface area contributed by atoms with Crippen LogP contribution in [0, 0.1) is 12.7 Å². The Hall–Kier alpha value is -2.07. The summed E-state index contributed by atoms with van der Waals surface area (Å²) in [5.41, 5.74) is 6.70. The summed E-state index contributed by atoms with van der Waals surface area (Å²) in [5.74, 6) is -1.13. The zero-order chi connectivity index (χ0) is 14.0. The van der Waals surface area contributed by atoms with Gasteiger partial charge in [0, 0.05) is 0 Å². The number of benzene rings is 2. The van der Waals surface area contributed by atoms with E-state index in [-0.39, 0.29) is 11.3 Å². The van der Waals surface area contributed by atoms with Gasteiger partial charge in [-0.25, -0.2) is 4.39 Å². The molecule has 0 fully saturated rings. The molecule has 0 unspecified atom stereocenters. The van der Waals surface area contributed by atoms with E-state index >= 15 is 0 Å². The van der Waals surface area contributed by atoms with Crippen molar-refractivity contribution >= 4 is 28.9 Å². The number of nitrogens with one attached hydrogen (secondary N) is 1. The summed E-state index contributed by atoms with van der Waals surface area (Å²) in [4.78, 5) is 12.0. The zero-order valence-corrected chi connectivity index (χ0v) is 11.0. The van der Waals surface area contributed by atoms with Crippen LogP contribution in [0.2, 0.25) is 5.02 Å². The van der Waals surface area contributed by atoms with Gasteiger partial charge in [-0.2, -0.15) is 0 Å². The van der Waals surface area contributed by atoms with Crippen LogP contribution in [-0.2, 0) is 0 Å². The first-order chi connectivity index (χ1) is 9.00. The monoisotopic (exact) mass is 278 g/mol. The first-order valence-electron chi connectivity index (χ1n) is 5.61. The van der Waals surface area contributed by atoms with Crippen molar-refractivity contribution in [1.82, 2.24) is 0 Å². The maximum absolute atomic E-state index is 13.8. The van der Waals surface area contributed by atoms with Gasteiger partial charge in [-0.3, -0.25) is 4.79 Å². The first-order valence-corrected chi connectivity index (χ1v) is 5.99. The fourth-order valence-corrected chi connectivity index (χ4v) is 1.91. The molecule has 0 aliphatic heterocycles. The summed E-state index contributed by atoms with van der Waals surface area (Å²) in [6, 6.07) is 9.48. The summed E-state index contributed by atoms with van der Waals surface area (Å²) in [7, 11) is 0. The SMILES string of the molecule is Cc1cccc(C(=O)Nc2c(N)cccc2Cl)c1F. The maximum atomic E-state index is 13.8. The first kappa shape index (κ1) is 13.4. The molecule has 3 nitrogen and oxygen atoms in total. The second-order valence-electron chi connectivity index (χ2n) is 4.09. The average Bonchev–Trinajstić information content (AvgIpc) is 2.37. The molecular formula is C14H12ClFN2O. The van der Waals surface area contributed by atoms with Crippen LogP contribution in [0.1, 0.15) is 15.9 Å². The number of nitrogen functional groups attached to an aromatic ring is 1. The molecule has 0 radical (unpaired) electrons. The van der Waals surface area contributed by atoms with Crippen molar-refractivity contribution in [1.29, 1.82) is 0 Å². The van der Waals surface area contributed by atoms with Crippen LogP contribution in [-0.4, -0.2) is 5.91 Å². The molecule has 0 saturated carbocycles. The van der Waals surface area contributed by atoms with Gasteiger partial charge in [0.05, 0.1) is 22.0 Å². The van der Waals surface area contributed by atoms with E-state index in [1.54, 1.807) is 37.3 Å². The molecule has 0 aliphatic carbocycles. The number of halogens is 2. The third-order valence-corrected chi connectivity index (χ3v) is 3.04. The number of aryl methyl sites for hydroxylation is 1. The van der Waals surface area contributed by atoms with Gasteiger partial charge in [0.1, 0.15) is 5.82 Å². The van der Waals surface area contributed by atoms with E-state index in [0.29, 0.717) is 16.3 Å². The number of amides is 1. The van der Waals surface area contributed by atoms with Crippen molar-refractivity contribution in [3.8, 4) is 0 Å². The van der Waals surface area contributed by atoms with Gasteiger partial charge in [-0.05, 0) is 30.7 Å². The Labute approximate surface area is 115 Å². The molecule has 0 saturated heterocycles. The minimum Gasteiger partial charge on any atom is -0.397 e. The van der Waals surface area contributed by atoms with Gasteiger partial charge in [0.2, 0.25) is 0 Å². The lowest BCUT2D eigenvalue weighted by Gasteiger charge is -2.11. The number of carbonyl (C=O) groups is 1. The molecule has 5 heteroatoms. The van der Waals surface area contributed by atoms with E-state index in [9.17, 15) is 9.18 Å². The molecule has 3 N–H and O–H groups in total. The summed E-state index contributed by atoms with van der Waals surface area (Å²) >= 11 is 5.94. The molecule has 0 spiro atoms. The summed E-state index contributed by atoms with van der Waals surface area (Å²) in [6.45, 7) is 1.59. The number of hydrogen-bond donors (Lipinski definition) is 2. The summed E-state index contributed by atoms with van der Waals surface area (Å²) in [5, 5.41) is 2.83. The standard InChI is InChI=1S/C14H12ClFN2O/c1-8-4-2-5-9(12(8)16)14(19)18-13-10(15)6-3-7-11(13)17/h2-7H,17H2,1H3,(H,18,19). The fourth-order valence-electron chi connectivity index (χ4n) is 1.68. The van der Waals surface area contributed by atoms with Crippen molar-refractivity contribution in [3.63, 3.8) is 0 Å². The average molecular weight is 279 g/mol. The van der Waals surface area contributed by atoms with Gasteiger partial charge >= 0.3 is 0 Å². The van der Waals surface area contributed by atoms with Crippen LogP contribution in [0.25, 0.3) is 0 Å². The lowest BCUT2D eigenvalue weighted by Crippen LogP contribution is -2.15. The number of anilines is 2. The Morgan fingerprint density at radius 1 is 1.26 bits per heavy atom. The minimum atomic E-state index is -0.582. The summed E-state index contributed by atoms with van der Waals surface area (Å²) in [6.07, 6.45) is 0. The normalized spacial score (nSPS) is 10.3. The van der Waals surface area contributed by atoms with E-state index in [2.05, 4.69) is 5.32 Å². The largest absolute Gasteiger partial charge is 0.397 e. The van der Waals surface area contributed by atoms with E-state index < -0.39 is 11.7 Å². The Balaban J connectivity index is 2.34. The quantitative estimate of drug-likeness (QED) is 0.824. The molecule has 0 aromatic heterocycles. The van der Waals surface area contributed by atoms with Crippen LogP contribution in [0.3, 0.4) is 0 Å². The number of para-hydroxylation sites is 1. The van der Waals surface area contributed by atoms with Crippen LogP contribution >= 0.6 is 11.6 Å². The molecule has 19 heavy (non-hydrogen) atoms. The molecule has 0 aliphatic rings. The lowest BCUT2D eigenvalue weighted by molar-refractivity contribution is 0.102. The Morgan fingerprint density at radius 2 is 1.95 bits per heavy atom. The second kappa shape index (κ2) is 5.28. The summed E-state index contributed by atoms with van der Waals surface area (Å²) < 4.78 is 13.8. The van der Waals surface area contributed by atoms with Crippen molar-refractivity contribution in [2.75, 3.05) is 11.1 Å². The van der Waals surface area contributed by atoms with Crippen LogP contribution in [0.4, 0.5) is 15.8 Å². The van der Waals surface area contributed by atoms with Gasteiger partial charge < -0.3 is 11.1 Å². The topological polar surface area (TPSA) is 55.1 Å². The Morgan fingerprint density at radius 3 is 2.63 bits per heavy atom. The van der Waals surface area contributed by atoms with Crippen LogP contribution in [0.5, 0.6) is 0 Å². The Kier molecular flexibility index (Phi) is 3.71. The highest BCUT2D eigenvalue weighted by molar-refractivity contribution is 6.34. The van der Waals surface area contributed by atoms with E-state index in [1.807, 2.05) is 0 Å². The second-order valence-corrected chi connectivity index (χ2v) is 4.50. The van der Waals surface area contributed by atoms with Crippen molar-refractivity contribution < 1.29 is 9.18 Å². The van der Waals surface area contributed by atoms with Gasteiger partial charge in [0.25, 0.3) is 5.91 Å². The molecule has 2 aromatic rings. The van der Waals surface area contributed by atoms with Crippen LogP contribution in [0.15, 0.2) is 36.4 Å². The number of nitrogens with two attached hydrogens (primary N) is 1. The van der Waals surface area contributed by atoms with E-state index in [1.165, 1.54) is 6.07 Å². The molecule has 2 rings (SSSR count). The van der Waals surface area contributed by atoms with Crippen molar-refractivity contribution in [2.24, 2.45) is 0 Å². The Bertz CT molecular complexity index is 623. The zero-order valence-electron chi connectivity index (χ0n) is 10.2. The van der Waals surface area contributed by atoms with Gasteiger partial charge in [-0.15, -0.1) is 0 Å². The van der Waals surface area contributed by atoms with Crippen molar-refractivity contribution in [2.45, 2.75) is 6.92 Å². The van der Waals surface area contributed by atoms with Crippen LogP contribution < -0.4 is 11.1 Å². The molecule has 98 valence electrons. The van der Waals surface area contributed by atoms with Gasteiger partial charge in [-0.1, -0.05) is 29.8 Å². The lowest BCUT2D eigenvalue weighted by atomic mass is 10.1. The predicted molar refractivity (Wildman–Crippen MR) is 75.0 cm³/mol. The minimum absolute atomic E-state index is 0.0423. The molecule has 0 bridgehead atoms. The molecule has 1 amide bonds. The smallest absolute Gasteiger partial charge is 0.258 e. The number of rotatable bonds is 2. The fraction of sp³-hybridized carbons (Fsp3) is 0.0714. The highest BCUT2D eigenvalue weighted by Gasteiger charge is 2.15. The molecule has 0 heterocycles. The van der Waals surface area contributed by atoms with E-state index in [4.69, 9.17) is 17.3 Å². The highest BCUT2D eigenvalue weighted by Crippen LogP contribution is 2.28. The van der Waals surface area contributed by atoms with E-state index in [0.717, 1.165) is 0 Å². The molecular weight excluding hydrogens is 267 g/mol. The molecule has 2 aromatic carbocycles. The predicted octanol–water partition coefficient (Wildman–Crippen LogP) is 3.62. The molecule has 0 atom stereocenters. The third kappa shape index (κ3) is 2.69. The van der Waals surface area contributed by atoms with Gasteiger partial charge in [0.15, 0.2) is 0 Å². The third-order valence-electron chi connectivity index (χ3n) is 2.72. The highest BCUT2D eigenvalue weighted by atomic mass is 35.5. The maximum Gasteiger partial charge on any atom is 0.258 e.